The van der Waals surface area contributed by atoms with Gasteiger partial charge in [-0.15, -0.1) is 0 Å². The van der Waals surface area contributed by atoms with Crippen molar-refractivity contribution < 1.29 is 19.0 Å². The van der Waals surface area contributed by atoms with Gasteiger partial charge in [-0.25, -0.2) is 4.39 Å². The first-order valence-electron chi connectivity index (χ1n) is 8.50. The number of nitrogens with one attached hydrogen (secondary N) is 1. The minimum absolute atomic E-state index is 0.158. The molecule has 2 aromatic rings. The zero-order valence-corrected chi connectivity index (χ0v) is 14.0. The molecule has 1 saturated carbocycles. The van der Waals surface area contributed by atoms with Crippen molar-refractivity contribution in [1.29, 1.82) is 0 Å². The highest BCUT2D eigenvalue weighted by molar-refractivity contribution is 5.94. The van der Waals surface area contributed by atoms with Gasteiger partial charge in [0.05, 0.1) is 19.3 Å². The normalized spacial score (nSPS) is 15.0. The maximum absolute atomic E-state index is 13.9. The molecule has 132 valence electrons. The Labute approximate surface area is 146 Å². The Morgan fingerprint density at radius 1 is 1.24 bits per heavy atom. The molecule has 25 heavy (non-hydrogen) atoms. The number of hydrogen-bond donors (Lipinski definition) is 2. The summed E-state index contributed by atoms with van der Waals surface area (Å²) in [5.41, 5.74) is 1.53. The molecule has 4 nitrogen and oxygen atoms in total. The maximum atomic E-state index is 13.9. The summed E-state index contributed by atoms with van der Waals surface area (Å²) >= 11 is 0. The summed E-state index contributed by atoms with van der Waals surface area (Å²) < 4.78 is 19.4. The van der Waals surface area contributed by atoms with Crippen molar-refractivity contribution >= 4 is 5.91 Å². The summed E-state index contributed by atoms with van der Waals surface area (Å²) in [5, 5.41) is 12.3. The average Bonchev–Trinajstić information content (AvgIpc) is 3.46. The molecule has 3 rings (SSSR count). The Morgan fingerprint density at radius 2 is 2.00 bits per heavy atom. The molecule has 0 spiro atoms. The molecule has 0 saturated heterocycles. The van der Waals surface area contributed by atoms with Gasteiger partial charge < -0.3 is 15.2 Å². The van der Waals surface area contributed by atoms with Crippen molar-refractivity contribution in [3.8, 4) is 0 Å². The van der Waals surface area contributed by atoms with Crippen LogP contribution in [0.1, 0.15) is 40.4 Å². The first kappa shape index (κ1) is 17.6. The zero-order valence-electron chi connectivity index (χ0n) is 14.0. The third-order valence-electron chi connectivity index (χ3n) is 4.31. The zero-order chi connectivity index (χ0) is 17.6. The van der Waals surface area contributed by atoms with E-state index >= 15 is 0 Å². The van der Waals surface area contributed by atoms with Gasteiger partial charge in [0.15, 0.2) is 0 Å². The summed E-state index contributed by atoms with van der Waals surface area (Å²) in [6, 6.07) is 13.0. The summed E-state index contributed by atoms with van der Waals surface area (Å²) in [6.07, 6.45) is 2.35. The average molecular weight is 343 g/mol. The molecule has 1 atom stereocenters. The van der Waals surface area contributed by atoms with E-state index in [1.54, 1.807) is 0 Å². The molecule has 1 unspecified atom stereocenters. The molecule has 2 N–H and O–H groups in total. The van der Waals surface area contributed by atoms with E-state index in [0.717, 1.165) is 5.56 Å². The topological polar surface area (TPSA) is 58.6 Å². The molecule has 5 heteroatoms. The van der Waals surface area contributed by atoms with Crippen molar-refractivity contribution in [2.75, 3.05) is 13.2 Å². The van der Waals surface area contributed by atoms with Crippen LogP contribution in [0.5, 0.6) is 0 Å². The highest BCUT2D eigenvalue weighted by Gasteiger charge is 2.21. The van der Waals surface area contributed by atoms with Crippen molar-refractivity contribution in [1.82, 2.24) is 5.32 Å². The quantitative estimate of drug-likeness (QED) is 0.774. The van der Waals surface area contributed by atoms with Gasteiger partial charge in [-0.2, -0.15) is 0 Å². The second-order valence-electron chi connectivity index (χ2n) is 6.38. The van der Waals surface area contributed by atoms with E-state index in [1.165, 1.54) is 31.0 Å². The summed E-state index contributed by atoms with van der Waals surface area (Å²) in [7, 11) is 0. The molecule has 0 heterocycles. The van der Waals surface area contributed by atoms with E-state index in [-0.39, 0.29) is 24.9 Å². The van der Waals surface area contributed by atoms with Crippen LogP contribution in [0.2, 0.25) is 0 Å². The molecule has 1 aliphatic rings. The van der Waals surface area contributed by atoms with Gasteiger partial charge in [-0.3, -0.25) is 4.79 Å². The number of aliphatic hydroxyl groups is 1. The second kappa shape index (κ2) is 8.23. The van der Waals surface area contributed by atoms with Gasteiger partial charge in [-0.05, 0) is 42.5 Å². The predicted molar refractivity (Wildman–Crippen MR) is 92.5 cm³/mol. The summed E-state index contributed by atoms with van der Waals surface area (Å²) in [4.78, 5) is 12.5. The van der Waals surface area contributed by atoms with Crippen LogP contribution < -0.4 is 5.32 Å². The highest BCUT2D eigenvalue weighted by Crippen LogP contribution is 2.29. The van der Waals surface area contributed by atoms with Crippen LogP contribution in [-0.2, 0) is 11.3 Å². The van der Waals surface area contributed by atoms with Gasteiger partial charge in [0.25, 0.3) is 5.91 Å². The summed E-state index contributed by atoms with van der Waals surface area (Å²) in [5.74, 6) is -0.133. The van der Waals surface area contributed by atoms with Crippen LogP contribution in [0.15, 0.2) is 48.5 Å². The van der Waals surface area contributed by atoms with Crippen LogP contribution >= 0.6 is 0 Å². The monoisotopic (exact) mass is 343 g/mol. The minimum Gasteiger partial charge on any atom is -0.394 e. The standard InChI is InChI=1S/C20H22FNO3/c21-18-9-8-16(10-17(18)13-25-12-14-6-7-14)20(24)22-19(11-23)15-4-2-1-3-5-15/h1-5,8-10,14,19,23H,6-7,11-13H2,(H,22,24). The Balaban J connectivity index is 1.66. The van der Waals surface area contributed by atoms with Gasteiger partial charge in [0, 0.05) is 17.7 Å². The van der Waals surface area contributed by atoms with E-state index in [2.05, 4.69) is 5.32 Å². The van der Waals surface area contributed by atoms with Crippen molar-refractivity contribution in [3.63, 3.8) is 0 Å². The first-order valence-corrected chi connectivity index (χ1v) is 8.50. The van der Waals surface area contributed by atoms with Crippen LogP contribution in [0.4, 0.5) is 4.39 Å². The lowest BCUT2D eigenvalue weighted by Crippen LogP contribution is -2.30. The largest absolute Gasteiger partial charge is 0.394 e. The Kier molecular flexibility index (Phi) is 5.79. The molecule has 0 bridgehead atoms. The van der Waals surface area contributed by atoms with Gasteiger partial charge in [0.1, 0.15) is 5.82 Å². The molecular formula is C20H22FNO3. The predicted octanol–water partition coefficient (Wildman–Crippen LogP) is 3.22. The molecule has 1 fully saturated rings. The Bertz CT molecular complexity index is 716. The lowest BCUT2D eigenvalue weighted by molar-refractivity contribution is 0.0914. The fourth-order valence-corrected chi connectivity index (χ4v) is 2.61. The fourth-order valence-electron chi connectivity index (χ4n) is 2.61. The van der Waals surface area contributed by atoms with E-state index in [0.29, 0.717) is 23.7 Å². The molecular weight excluding hydrogens is 321 g/mol. The molecule has 0 aliphatic heterocycles. The number of aliphatic hydroxyl groups excluding tert-OH is 1. The summed E-state index contributed by atoms with van der Waals surface area (Å²) in [6.45, 7) is 0.580. The Hall–Kier alpha value is -2.24. The molecule has 1 aliphatic carbocycles. The van der Waals surface area contributed by atoms with Gasteiger partial charge >= 0.3 is 0 Å². The van der Waals surface area contributed by atoms with Gasteiger partial charge in [-0.1, -0.05) is 30.3 Å². The SMILES string of the molecule is O=C(NC(CO)c1ccccc1)c1ccc(F)c(COCC2CC2)c1. The number of rotatable bonds is 8. The fraction of sp³-hybridized carbons (Fsp3) is 0.350. The first-order chi connectivity index (χ1) is 12.2. The number of ether oxygens (including phenoxy) is 1. The van der Waals surface area contributed by atoms with E-state index < -0.39 is 6.04 Å². The molecule has 2 aromatic carbocycles. The third-order valence-corrected chi connectivity index (χ3v) is 4.31. The molecule has 0 radical (unpaired) electrons. The number of hydrogen-bond acceptors (Lipinski definition) is 3. The Morgan fingerprint density at radius 3 is 2.68 bits per heavy atom. The lowest BCUT2D eigenvalue weighted by Gasteiger charge is -2.17. The maximum Gasteiger partial charge on any atom is 0.251 e. The van der Waals surface area contributed by atoms with Crippen molar-refractivity contribution in [3.05, 3.63) is 71.0 Å². The minimum atomic E-state index is -0.506. The van der Waals surface area contributed by atoms with Crippen LogP contribution in [-0.4, -0.2) is 24.2 Å². The number of carbonyl (C=O) groups is 1. The third kappa shape index (κ3) is 4.87. The number of amides is 1. The molecule has 0 aromatic heterocycles. The smallest absolute Gasteiger partial charge is 0.251 e. The van der Waals surface area contributed by atoms with Crippen LogP contribution in [0.3, 0.4) is 0 Å². The van der Waals surface area contributed by atoms with E-state index in [1.807, 2.05) is 30.3 Å². The molecule has 1 amide bonds. The van der Waals surface area contributed by atoms with Crippen molar-refractivity contribution in [2.45, 2.75) is 25.5 Å². The number of benzene rings is 2. The van der Waals surface area contributed by atoms with Crippen LogP contribution in [0.25, 0.3) is 0 Å². The number of halogens is 1. The van der Waals surface area contributed by atoms with Crippen molar-refractivity contribution in [2.24, 2.45) is 5.92 Å². The van der Waals surface area contributed by atoms with Gasteiger partial charge in [0.2, 0.25) is 0 Å². The lowest BCUT2D eigenvalue weighted by atomic mass is 10.1. The highest BCUT2D eigenvalue weighted by atomic mass is 19.1. The van der Waals surface area contributed by atoms with E-state index in [4.69, 9.17) is 4.74 Å². The van der Waals surface area contributed by atoms with E-state index in [9.17, 15) is 14.3 Å². The van der Waals surface area contributed by atoms with Crippen LogP contribution in [0, 0.1) is 11.7 Å². The number of carbonyl (C=O) groups excluding carboxylic acids is 1. The second-order valence-corrected chi connectivity index (χ2v) is 6.38.